The van der Waals surface area contributed by atoms with Crippen molar-refractivity contribution < 1.29 is 9.18 Å². The molecule has 1 amide bonds. The van der Waals surface area contributed by atoms with Gasteiger partial charge >= 0.3 is 0 Å². The zero-order chi connectivity index (χ0) is 17.4. The SMILES string of the molecule is CN=C(NCCNC(=O)Cc1ccc(F)cc1)N1CCCC(C)C1.I. The van der Waals surface area contributed by atoms with Crippen molar-refractivity contribution in [2.24, 2.45) is 10.9 Å². The number of guanidine groups is 1. The maximum atomic E-state index is 12.8. The number of rotatable bonds is 5. The number of piperidine rings is 1. The molecule has 1 unspecified atom stereocenters. The van der Waals surface area contributed by atoms with Gasteiger partial charge in [-0.15, -0.1) is 24.0 Å². The molecule has 2 rings (SSSR count). The molecule has 1 aliphatic heterocycles. The summed E-state index contributed by atoms with van der Waals surface area (Å²) in [6.45, 7) is 5.47. The Morgan fingerprint density at radius 2 is 1.96 bits per heavy atom. The van der Waals surface area contributed by atoms with E-state index in [1.54, 1.807) is 19.2 Å². The molecule has 0 aromatic heterocycles. The van der Waals surface area contributed by atoms with Gasteiger partial charge in [0.25, 0.3) is 0 Å². The minimum absolute atomic E-state index is 0. The fourth-order valence-corrected chi connectivity index (χ4v) is 2.94. The lowest BCUT2D eigenvalue weighted by molar-refractivity contribution is -0.120. The fourth-order valence-electron chi connectivity index (χ4n) is 2.94. The molecule has 0 radical (unpaired) electrons. The van der Waals surface area contributed by atoms with Gasteiger partial charge in [0.1, 0.15) is 5.82 Å². The van der Waals surface area contributed by atoms with Gasteiger partial charge in [0.05, 0.1) is 6.42 Å². The number of hydrogen-bond donors (Lipinski definition) is 2. The first kappa shape index (κ1) is 21.7. The van der Waals surface area contributed by atoms with Gasteiger partial charge in [0, 0.05) is 33.2 Å². The second kappa shape index (κ2) is 11.3. The predicted octanol–water partition coefficient (Wildman–Crippen LogP) is 2.41. The summed E-state index contributed by atoms with van der Waals surface area (Å²) in [6.07, 6.45) is 2.72. The Hall–Kier alpha value is -1.38. The summed E-state index contributed by atoms with van der Waals surface area (Å²) < 4.78 is 12.8. The van der Waals surface area contributed by atoms with Gasteiger partial charge in [-0.1, -0.05) is 19.1 Å². The van der Waals surface area contributed by atoms with Gasteiger partial charge < -0.3 is 15.5 Å². The Kier molecular flexibility index (Phi) is 9.77. The van der Waals surface area contributed by atoms with Crippen LogP contribution in [-0.2, 0) is 11.2 Å². The number of amides is 1. The summed E-state index contributed by atoms with van der Waals surface area (Å²) in [5.74, 6) is 1.23. The molecule has 140 valence electrons. The van der Waals surface area contributed by atoms with Gasteiger partial charge in [0.2, 0.25) is 5.91 Å². The van der Waals surface area contributed by atoms with Crippen LogP contribution in [0.4, 0.5) is 4.39 Å². The number of benzene rings is 1. The molecule has 1 fully saturated rings. The van der Waals surface area contributed by atoms with Crippen LogP contribution in [0.1, 0.15) is 25.3 Å². The molecule has 1 saturated heterocycles. The van der Waals surface area contributed by atoms with Gasteiger partial charge in [-0.3, -0.25) is 9.79 Å². The van der Waals surface area contributed by atoms with Crippen LogP contribution in [0, 0.1) is 11.7 Å². The van der Waals surface area contributed by atoms with Crippen LogP contribution in [0.3, 0.4) is 0 Å². The second-order valence-electron chi connectivity index (χ2n) is 6.32. The molecule has 1 aromatic rings. The molecule has 1 aromatic carbocycles. The molecule has 2 N–H and O–H groups in total. The maximum Gasteiger partial charge on any atom is 0.224 e. The third kappa shape index (κ3) is 7.58. The number of nitrogens with zero attached hydrogens (tertiary/aromatic N) is 2. The highest BCUT2D eigenvalue weighted by Gasteiger charge is 2.18. The molecule has 5 nitrogen and oxygen atoms in total. The van der Waals surface area contributed by atoms with E-state index in [1.165, 1.54) is 25.0 Å². The third-order valence-electron chi connectivity index (χ3n) is 4.18. The van der Waals surface area contributed by atoms with Crippen LogP contribution in [-0.4, -0.2) is 50.0 Å². The molecule has 0 aliphatic carbocycles. The van der Waals surface area contributed by atoms with Crippen LogP contribution in [0.25, 0.3) is 0 Å². The lowest BCUT2D eigenvalue weighted by atomic mass is 10.0. The molecule has 7 heteroatoms. The summed E-state index contributed by atoms with van der Waals surface area (Å²) in [7, 11) is 1.79. The van der Waals surface area contributed by atoms with Crippen molar-refractivity contribution in [1.82, 2.24) is 15.5 Å². The summed E-state index contributed by atoms with van der Waals surface area (Å²) in [4.78, 5) is 18.5. The minimum Gasteiger partial charge on any atom is -0.354 e. The number of likely N-dealkylation sites (tertiary alicyclic amines) is 1. The highest BCUT2D eigenvalue weighted by Crippen LogP contribution is 2.15. The third-order valence-corrected chi connectivity index (χ3v) is 4.18. The van der Waals surface area contributed by atoms with Crippen LogP contribution >= 0.6 is 24.0 Å². The largest absolute Gasteiger partial charge is 0.354 e. The first-order valence-corrected chi connectivity index (χ1v) is 8.55. The van der Waals surface area contributed by atoms with Crippen molar-refractivity contribution in [2.75, 3.05) is 33.2 Å². The van der Waals surface area contributed by atoms with Crippen LogP contribution in [0.2, 0.25) is 0 Å². The van der Waals surface area contributed by atoms with E-state index in [0.717, 1.165) is 24.6 Å². The van der Waals surface area contributed by atoms with Crippen molar-refractivity contribution in [1.29, 1.82) is 0 Å². The van der Waals surface area contributed by atoms with E-state index in [4.69, 9.17) is 0 Å². The first-order chi connectivity index (χ1) is 11.6. The van der Waals surface area contributed by atoms with E-state index in [1.807, 2.05) is 0 Å². The Balaban J connectivity index is 0.00000312. The van der Waals surface area contributed by atoms with E-state index in [0.29, 0.717) is 19.0 Å². The minimum atomic E-state index is -0.290. The molecule has 0 bridgehead atoms. The van der Waals surface area contributed by atoms with Gasteiger partial charge in [-0.05, 0) is 36.5 Å². The van der Waals surface area contributed by atoms with Crippen molar-refractivity contribution in [3.05, 3.63) is 35.6 Å². The molecule has 1 aliphatic rings. The van der Waals surface area contributed by atoms with Crippen molar-refractivity contribution in [3.8, 4) is 0 Å². The number of halogens is 2. The predicted molar refractivity (Wildman–Crippen MR) is 110 cm³/mol. The van der Waals surface area contributed by atoms with Crippen LogP contribution in [0.15, 0.2) is 29.3 Å². The maximum absolute atomic E-state index is 12.8. The zero-order valence-electron chi connectivity index (χ0n) is 14.9. The van der Waals surface area contributed by atoms with E-state index in [-0.39, 0.29) is 42.1 Å². The Bertz CT molecular complexity index is 565. The topological polar surface area (TPSA) is 56.7 Å². The number of hydrogen-bond acceptors (Lipinski definition) is 2. The van der Waals surface area contributed by atoms with E-state index < -0.39 is 0 Å². The molecular formula is C18H28FIN4O. The smallest absolute Gasteiger partial charge is 0.224 e. The summed E-state index contributed by atoms with van der Waals surface area (Å²) in [5, 5.41) is 6.17. The number of carbonyl (C=O) groups excluding carboxylic acids is 1. The van der Waals surface area contributed by atoms with Gasteiger partial charge in [-0.25, -0.2) is 4.39 Å². The molecule has 1 heterocycles. The molecule has 0 saturated carbocycles. The lowest BCUT2D eigenvalue weighted by Gasteiger charge is -2.33. The van der Waals surface area contributed by atoms with E-state index in [9.17, 15) is 9.18 Å². The monoisotopic (exact) mass is 462 g/mol. The van der Waals surface area contributed by atoms with Crippen LogP contribution in [0.5, 0.6) is 0 Å². The number of aliphatic imine (C=N–C) groups is 1. The molecule has 25 heavy (non-hydrogen) atoms. The number of nitrogens with one attached hydrogen (secondary N) is 2. The lowest BCUT2D eigenvalue weighted by Crippen LogP contribution is -2.47. The molecule has 0 spiro atoms. The summed E-state index contributed by atoms with van der Waals surface area (Å²) in [5.41, 5.74) is 0.806. The molecule has 1 atom stereocenters. The highest BCUT2D eigenvalue weighted by molar-refractivity contribution is 14.0. The molecular weight excluding hydrogens is 434 g/mol. The van der Waals surface area contributed by atoms with Crippen molar-refractivity contribution >= 4 is 35.8 Å². The average Bonchev–Trinajstić information content (AvgIpc) is 2.57. The normalized spacial score (nSPS) is 17.6. The van der Waals surface area contributed by atoms with E-state index in [2.05, 4.69) is 27.4 Å². The van der Waals surface area contributed by atoms with Gasteiger partial charge in [-0.2, -0.15) is 0 Å². The standard InChI is InChI=1S/C18H27FN4O.HI/c1-14-4-3-11-23(13-14)18(20-2)22-10-9-21-17(24)12-15-5-7-16(19)8-6-15;/h5-8,14H,3-4,9-13H2,1-2H3,(H,20,22)(H,21,24);1H. The summed E-state index contributed by atoms with van der Waals surface area (Å²) in [6, 6.07) is 6.00. The Morgan fingerprint density at radius 3 is 2.60 bits per heavy atom. The van der Waals surface area contributed by atoms with Gasteiger partial charge in [0.15, 0.2) is 5.96 Å². The Morgan fingerprint density at radius 1 is 1.28 bits per heavy atom. The quantitative estimate of drug-likeness (QED) is 0.306. The van der Waals surface area contributed by atoms with Crippen molar-refractivity contribution in [3.63, 3.8) is 0 Å². The average molecular weight is 462 g/mol. The Labute approximate surface area is 166 Å². The summed E-state index contributed by atoms with van der Waals surface area (Å²) >= 11 is 0. The zero-order valence-corrected chi connectivity index (χ0v) is 17.3. The highest BCUT2D eigenvalue weighted by atomic mass is 127. The number of carbonyl (C=O) groups is 1. The fraction of sp³-hybridized carbons (Fsp3) is 0.556. The van der Waals surface area contributed by atoms with Crippen LogP contribution < -0.4 is 10.6 Å². The second-order valence-corrected chi connectivity index (χ2v) is 6.32. The van der Waals surface area contributed by atoms with E-state index >= 15 is 0 Å². The first-order valence-electron chi connectivity index (χ1n) is 8.55. The van der Waals surface area contributed by atoms with Crippen molar-refractivity contribution in [2.45, 2.75) is 26.2 Å².